The van der Waals surface area contributed by atoms with Crippen molar-refractivity contribution in [2.45, 2.75) is 25.8 Å². The Kier molecular flexibility index (Phi) is 6.55. The highest BCUT2D eigenvalue weighted by molar-refractivity contribution is 5.80. The number of carbonyl (C=O) groups is 2. The van der Waals surface area contributed by atoms with Crippen LogP contribution in [-0.2, 0) is 27.2 Å². The highest BCUT2D eigenvalue weighted by Crippen LogP contribution is 2.15. The first-order chi connectivity index (χ1) is 11.6. The standard InChI is InChI=1S/C20H23NO3/c1-15(21-19(22)14-17-11-7-4-8-12-17)18(20(23)24-2)13-16-9-5-3-6-10-16/h3-12,15,18H,13-14H2,1-2H3,(H,21,22)/t15-,18-/m1/s1. The Labute approximate surface area is 142 Å². The highest BCUT2D eigenvalue weighted by Gasteiger charge is 2.27. The molecule has 2 aromatic carbocycles. The minimum absolute atomic E-state index is 0.101. The van der Waals surface area contributed by atoms with Gasteiger partial charge in [-0.2, -0.15) is 0 Å². The number of rotatable bonds is 7. The predicted octanol–water partition coefficient (Wildman–Crippen LogP) is 2.77. The molecule has 2 aromatic rings. The van der Waals surface area contributed by atoms with Crippen LogP contribution in [0.4, 0.5) is 0 Å². The molecule has 2 rings (SSSR count). The van der Waals surface area contributed by atoms with Crippen molar-refractivity contribution < 1.29 is 14.3 Å². The summed E-state index contributed by atoms with van der Waals surface area (Å²) in [7, 11) is 1.37. The molecular formula is C20H23NO3. The fourth-order valence-electron chi connectivity index (χ4n) is 2.67. The van der Waals surface area contributed by atoms with E-state index in [1.807, 2.05) is 67.6 Å². The molecule has 0 saturated heterocycles. The van der Waals surface area contributed by atoms with E-state index in [0.717, 1.165) is 11.1 Å². The summed E-state index contributed by atoms with van der Waals surface area (Å²) in [5.41, 5.74) is 1.98. The Morgan fingerprint density at radius 1 is 0.958 bits per heavy atom. The number of methoxy groups -OCH3 is 1. The van der Waals surface area contributed by atoms with Crippen LogP contribution >= 0.6 is 0 Å². The molecule has 1 N–H and O–H groups in total. The third kappa shape index (κ3) is 5.23. The lowest BCUT2D eigenvalue weighted by atomic mass is 9.93. The fourth-order valence-corrected chi connectivity index (χ4v) is 2.67. The van der Waals surface area contributed by atoms with E-state index in [2.05, 4.69) is 5.32 Å². The average molecular weight is 325 g/mol. The second kappa shape index (κ2) is 8.87. The van der Waals surface area contributed by atoms with Gasteiger partial charge in [-0.25, -0.2) is 0 Å². The van der Waals surface area contributed by atoms with Gasteiger partial charge in [0, 0.05) is 6.04 Å². The van der Waals surface area contributed by atoms with E-state index in [0.29, 0.717) is 12.8 Å². The fraction of sp³-hybridized carbons (Fsp3) is 0.300. The van der Waals surface area contributed by atoms with Crippen molar-refractivity contribution in [3.63, 3.8) is 0 Å². The van der Waals surface area contributed by atoms with E-state index < -0.39 is 5.92 Å². The molecule has 1 amide bonds. The maximum atomic E-state index is 12.2. The van der Waals surface area contributed by atoms with Crippen molar-refractivity contribution in [3.05, 3.63) is 71.8 Å². The lowest BCUT2D eigenvalue weighted by Gasteiger charge is -2.23. The molecule has 0 saturated carbocycles. The first kappa shape index (κ1) is 17.7. The van der Waals surface area contributed by atoms with Crippen LogP contribution < -0.4 is 5.32 Å². The van der Waals surface area contributed by atoms with E-state index in [1.54, 1.807) is 0 Å². The summed E-state index contributed by atoms with van der Waals surface area (Å²) in [6, 6.07) is 19.0. The van der Waals surface area contributed by atoms with Crippen LogP contribution in [-0.4, -0.2) is 25.0 Å². The SMILES string of the molecule is COC(=O)[C@H](Cc1ccccc1)[C@@H](C)NC(=O)Cc1ccccc1. The largest absolute Gasteiger partial charge is 0.469 e. The number of hydrogen-bond acceptors (Lipinski definition) is 3. The number of nitrogens with one attached hydrogen (secondary N) is 1. The molecule has 0 aliphatic heterocycles. The zero-order valence-electron chi connectivity index (χ0n) is 14.1. The minimum Gasteiger partial charge on any atom is -0.469 e. The van der Waals surface area contributed by atoms with Gasteiger partial charge in [0.05, 0.1) is 19.4 Å². The third-order valence-electron chi connectivity index (χ3n) is 4.00. The van der Waals surface area contributed by atoms with Gasteiger partial charge in [0.2, 0.25) is 5.91 Å². The second-order valence-corrected chi connectivity index (χ2v) is 5.84. The lowest BCUT2D eigenvalue weighted by Crippen LogP contribution is -2.43. The van der Waals surface area contributed by atoms with Crippen LogP contribution in [0, 0.1) is 5.92 Å². The number of ether oxygens (including phenoxy) is 1. The monoisotopic (exact) mass is 325 g/mol. The molecule has 0 heterocycles. The Balaban J connectivity index is 2.00. The second-order valence-electron chi connectivity index (χ2n) is 5.84. The summed E-state index contributed by atoms with van der Waals surface area (Å²) in [4.78, 5) is 24.4. The zero-order valence-corrected chi connectivity index (χ0v) is 14.1. The molecule has 4 nitrogen and oxygen atoms in total. The van der Waals surface area contributed by atoms with Crippen molar-refractivity contribution in [2.75, 3.05) is 7.11 Å². The highest BCUT2D eigenvalue weighted by atomic mass is 16.5. The van der Waals surface area contributed by atoms with Gasteiger partial charge < -0.3 is 10.1 Å². The number of carbonyl (C=O) groups excluding carboxylic acids is 2. The van der Waals surface area contributed by atoms with Crippen LogP contribution in [0.3, 0.4) is 0 Å². The summed E-state index contributed by atoms with van der Waals surface area (Å²) < 4.78 is 4.92. The van der Waals surface area contributed by atoms with Crippen LogP contribution in [0.25, 0.3) is 0 Å². The number of amides is 1. The number of hydrogen-bond donors (Lipinski definition) is 1. The van der Waals surface area contributed by atoms with Crippen molar-refractivity contribution in [1.29, 1.82) is 0 Å². The molecule has 0 fully saturated rings. The van der Waals surface area contributed by atoms with Gasteiger partial charge >= 0.3 is 5.97 Å². The van der Waals surface area contributed by atoms with Crippen LogP contribution in [0.15, 0.2) is 60.7 Å². The quantitative estimate of drug-likeness (QED) is 0.797. The smallest absolute Gasteiger partial charge is 0.311 e. The maximum Gasteiger partial charge on any atom is 0.311 e. The molecule has 0 aromatic heterocycles. The van der Waals surface area contributed by atoms with E-state index in [-0.39, 0.29) is 17.9 Å². The third-order valence-corrected chi connectivity index (χ3v) is 4.00. The van der Waals surface area contributed by atoms with Crippen molar-refractivity contribution in [1.82, 2.24) is 5.32 Å². The van der Waals surface area contributed by atoms with Crippen LogP contribution in [0.2, 0.25) is 0 Å². The first-order valence-electron chi connectivity index (χ1n) is 8.05. The predicted molar refractivity (Wildman–Crippen MR) is 93.4 cm³/mol. The Hall–Kier alpha value is -2.62. The Morgan fingerprint density at radius 2 is 1.50 bits per heavy atom. The molecule has 0 radical (unpaired) electrons. The lowest BCUT2D eigenvalue weighted by molar-refractivity contribution is -0.146. The van der Waals surface area contributed by atoms with E-state index in [4.69, 9.17) is 4.74 Å². The zero-order chi connectivity index (χ0) is 17.4. The van der Waals surface area contributed by atoms with Gasteiger partial charge in [-0.15, -0.1) is 0 Å². The molecule has 0 unspecified atom stereocenters. The summed E-state index contributed by atoms with van der Waals surface area (Å²) in [6.07, 6.45) is 0.824. The summed E-state index contributed by atoms with van der Waals surface area (Å²) in [5.74, 6) is -0.834. The van der Waals surface area contributed by atoms with E-state index in [9.17, 15) is 9.59 Å². The van der Waals surface area contributed by atoms with Gasteiger partial charge in [0.1, 0.15) is 0 Å². The van der Waals surface area contributed by atoms with Gasteiger partial charge in [0.25, 0.3) is 0 Å². The van der Waals surface area contributed by atoms with Gasteiger partial charge in [-0.3, -0.25) is 9.59 Å². The normalized spacial score (nSPS) is 12.9. The molecule has 24 heavy (non-hydrogen) atoms. The molecule has 0 spiro atoms. The van der Waals surface area contributed by atoms with Crippen LogP contribution in [0.1, 0.15) is 18.1 Å². The Morgan fingerprint density at radius 3 is 2.04 bits per heavy atom. The number of benzene rings is 2. The van der Waals surface area contributed by atoms with Gasteiger partial charge in [-0.1, -0.05) is 60.7 Å². The van der Waals surface area contributed by atoms with Gasteiger partial charge in [-0.05, 0) is 24.5 Å². The number of esters is 1. The summed E-state index contributed by atoms with van der Waals surface area (Å²) in [5, 5.41) is 2.92. The summed E-state index contributed by atoms with van der Waals surface area (Å²) in [6.45, 7) is 1.84. The molecule has 0 bridgehead atoms. The topological polar surface area (TPSA) is 55.4 Å². The summed E-state index contributed by atoms with van der Waals surface area (Å²) >= 11 is 0. The average Bonchev–Trinajstić information content (AvgIpc) is 2.60. The first-order valence-corrected chi connectivity index (χ1v) is 8.05. The van der Waals surface area contributed by atoms with Crippen molar-refractivity contribution in [2.24, 2.45) is 5.92 Å². The van der Waals surface area contributed by atoms with Gasteiger partial charge in [0.15, 0.2) is 0 Å². The molecule has 126 valence electrons. The minimum atomic E-state index is -0.419. The molecule has 2 atom stereocenters. The van der Waals surface area contributed by atoms with Crippen LogP contribution in [0.5, 0.6) is 0 Å². The molecule has 0 aliphatic rings. The van der Waals surface area contributed by atoms with E-state index in [1.165, 1.54) is 7.11 Å². The van der Waals surface area contributed by atoms with E-state index >= 15 is 0 Å². The maximum absolute atomic E-state index is 12.2. The molecule has 0 aliphatic carbocycles. The van der Waals surface area contributed by atoms with Crippen molar-refractivity contribution in [3.8, 4) is 0 Å². The molecular weight excluding hydrogens is 302 g/mol. The molecule has 4 heteroatoms. The Bertz CT molecular complexity index is 655. The van der Waals surface area contributed by atoms with Crippen molar-refractivity contribution >= 4 is 11.9 Å².